The van der Waals surface area contributed by atoms with Gasteiger partial charge in [0, 0.05) is 17.2 Å². The lowest BCUT2D eigenvalue weighted by atomic mass is 10.2. The summed E-state index contributed by atoms with van der Waals surface area (Å²) in [6, 6.07) is 10.6. The predicted molar refractivity (Wildman–Crippen MR) is 90.1 cm³/mol. The molecule has 2 aromatic carbocycles. The predicted octanol–water partition coefficient (Wildman–Crippen LogP) is 3.47. The highest BCUT2D eigenvalue weighted by Crippen LogP contribution is 2.30. The van der Waals surface area contributed by atoms with Crippen molar-refractivity contribution in [3.8, 4) is 0 Å². The fourth-order valence-electron chi connectivity index (χ4n) is 2.05. The molecule has 0 unspecified atom stereocenters. The van der Waals surface area contributed by atoms with Crippen LogP contribution in [0, 0.1) is 13.8 Å². The van der Waals surface area contributed by atoms with Gasteiger partial charge in [0.15, 0.2) is 0 Å². The van der Waals surface area contributed by atoms with Crippen LogP contribution in [0.2, 0.25) is 0 Å². The highest BCUT2D eigenvalue weighted by atomic mass is 79.9. The second kappa shape index (κ2) is 5.69. The largest absolute Gasteiger partial charge is 0.398 e. The molecule has 0 amide bonds. The van der Waals surface area contributed by atoms with Crippen molar-refractivity contribution in [3.05, 3.63) is 52.0 Å². The molecule has 0 fully saturated rings. The molecule has 112 valence electrons. The van der Waals surface area contributed by atoms with Gasteiger partial charge < -0.3 is 5.73 Å². The van der Waals surface area contributed by atoms with Crippen molar-refractivity contribution in [3.63, 3.8) is 0 Å². The Labute approximate surface area is 133 Å². The monoisotopic (exact) mass is 368 g/mol. The molecule has 4 nitrogen and oxygen atoms in total. The van der Waals surface area contributed by atoms with Crippen molar-refractivity contribution < 1.29 is 8.42 Å². The molecule has 0 saturated carbocycles. The van der Waals surface area contributed by atoms with Crippen LogP contribution in [0.5, 0.6) is 0 Å². The van der Waals surface area contributed by atoms with Gasteiger partial charge >= 0.3 is 0 Å². The summed E-state index contributed by atoms with van der Waals surface area (Å²) in [6.45, 7) is 3.63. The summed E-state index contributed by atoms with van der Waals surface area (Å²) in [7, 11) is -2.12. The number of nitrogen functional groups attached to an aromatic ring is 1. The summed E-state index contributed by atoms with van der Waals surface area (Å²) in [5.74, 6) is 0. The molecule has 0 bridgehead atoms. The minimum Gasteiger partial charge on any atom is -0.398 e. The van der Waals surface area contributed by atoms with Gasteiger partial charge in [0.05, 0.1) is 10.6 Å². The summed E-state index contributed by atoms with van der Waals surface area (Å²) < 4.78 is 27.6. The Morgan fingerprint density at radius 2 is 1.81 bits per heavy atom. The van der Waals surface area contributed by atoms with Gasteiger partial charge in [-0.2, -0.15) is 0 Å². The van der Waals surface area contributed by atoms with Crippen molar-refractivity contribution in [1.82, 2.24) is 0 Å². The van der Waals surface area contributed by atoms with E-state index in [2.05, 4.69) is 15.9 Å². The molecule has 0 aromatic heterocycles. The number of rotatable bonds is 3. The summed E-state index contributed by atoms with van der Waals surface area (Å²) >= 11 is 3.29. The van der Waals surface area contributed by atoms with Gasteiger partial charge in [-0.1, -0.05) is 28.1 Å². The summed E-state index contributed by atoms with van der Waals surface area (Å²) in [5.41, 5.74) is 8.49. The van der Waals surface area contributed by atoms with Crippen LogP contribution < -0.4 is 10.0 Å². The quantitative estimate of drug-likeness (QED) is 0.843. The van der Waals surface area contributed by atoms with Crippen LogP contribution in [-0.2, 0) is 10.0 Å². The van der Waals surface area contributed by atoms with Crippen LogP contribution in [0.1, 0.15) is 11.1 Å². The van der Waals surface area contributed by atoms with E-state index in [-0.39, 0.29) is 4.90 Å². The molecule has 0 saturated heterocycles. The van der Waals surface area contributed by atoms with Crippen molar-refractivity contribution in [2.24, 2.45) is 0 Å². The van der Waals surface area contributed by atoms with Crippen molar-refractivity contribution in [2.75, 3.05) is 17.1 Å². The molecule has 0 radical (unpaired) electrons. The Morgan fingerprint density at radius 1 is 1.14 bits per heavy atom. The van der Waals surface area contributed by atoms with E-state index in [0.717, 1.165) is 5.56 Å². The van der Waals surface area contributed by atoms with E-state index in [0.29, 0.717) is 21.4 Å². The Morgan fingerprint density at radius 3 is 2.43 bits per heavy atom. The molecule has 2 N–H and O–H groups in total. The first-order valence-corrected chi connectivity index (χ1v) is 8.58. The lowest BCUT2D eigenvalue weighted by Crippen LogP contribution is -2.27. The smallest absolute Gasteiger partial charge is 0.264 e. The highest BCUT2D eigenvalue weighted by molar-refractivity contribution is 9.10. The zero-order chi connectivity index (χ0) is 15.8. The van der Waals surface area contributed by atoms with E-state index in [1.54, 1.807) is 32.2 Å². The number of hydrogen-bond donors (Lipinski definition) is 1. The molecule has 0 heterocycles. The normalized spacial score (nSPS) is 11.4. The van der Waals surface area contributed by atoms with E-state index >= 15 is 0 Å². The zero-order valence-electron chi connectivity index (χ0n) is 12.1. The Balaban J connectivity index is 2.57. The summed E-state index contributed by atoms with van der Waals surface area (Å²) in [4.78, 5) is 0.207. The average Bonchev–Trinajstić information content (AvgIpc) is 2.41. The fourth-order valence-corrected chi connectivity index (χ4v) is 4.15. The van der Waals surface area contributed by atoms with Crippen LogP contribution in [0.15, 0.2) is 45.8 Å². The number of nitrogens with two attached hydrogens (primary N) is 1. The van der Waals surface area contributed by atoms with Crippen LogP contribution in [-0.4, -0.2) is 15.5 Å². The zero-order valence-corrected chi connectivity index (χ0v) is 14.5. The van der Waals surface area contributed by atoms with Crippen molar-refractivity contribution in [1.29, 1.82) is 0 Å². The van der Waals surface area contributed by atoms with Crippen molar-refractivity contribution in [2.45, 2.75) is 18.7 Å². The second-order valence-corrected chi connectivity index (χ2v) is 7.78. The molecule has 21 heavy (non-hydrogen) atoms. The topological polar surface area (TPSA) is 63.4 Å². The minimum absolute atomic E-state index is 0.207. The lowest BCUT2D eigenvalue weighted by molar-refractivity contribution is 0.594. The second-order valence-electron chi connectivity index (χ2n) is 4.93. The molecular formula is C15H17BrN2O2S. The average molecular weight is 369 g/mol. The van der Waals surface area contributed by atoms with Gasteiger partial charge in [0.2, 0.25) is 0 Å². The maximum Gasteiger partial charge on any atom is 0.264 e. The molecular weight excluding hydrogens is 352 g/mol. The lowest BCUT2D eigenvalue weighted by Gasteiger charge is -2.21. The molecule has 0 aliphatic carbocycles. The number of sulfonamides is 1. The summed E-state index contributed by atoms with van der Waals surface area (Å²) in [6.07, 6.45) is 0. The maximum atomic E-state index is 12.8. The van der Waals surface area contributed by atoms with E-state index in [4.69, 9.17) is 5.73 Å². The van der Waals surface area contributed by atoms with Gasteiger partial charge in [-0.15, -0.1) is 0 Å². The highest BCUT2D eigenvalue weighted by Gasteiger charge is 2.24. The number of halogens is 1. The van der Waals surface area contributed by atoms with Crippen molar-refractivity contribution >= 4 is 37.3 Å². The first-order valence-electron chi connectivity index (χ1n) is 6.34. The van der Waals surface area contributed by atoms with Gasteiger partial charge in [0.1, 0.15) is 0 Å². The van der Waals surface area contributed by atoms with E-state index in [1.165, 1.54) is 4.31 Å². The molecule has 0 aliphatic heterocycles. The van der Waals surface area contributed by atoms with Gasteiger partial charge in [-0.3, -0.25) is 4.31 Å². The first kappa shape index (κ1) is 15.9. The van der Waals surface area contributed by atoms with Crippen LogP contribution in [0.4, 0.5) is 11.4 Å². The maximum absolute atomic E-state index is 12.8. The van der Waals surface area contributed by atoms with E-state index in [1.807, 2.05) is 25.1 Å². The molecule has 0 spiro atoms. The van der Waals surface area contributed by atoms with Gasteiger partial charge in [0.25, 0.3) is 10.0 Å². The molecule has 6 heteroatoms. The number of hydrogen-bond acceptors (Lipinski definition) is 3. The Bertz CT molecular complexity index is 788. The molecule has 2 aromatic rings. The Kier molecular flexibility index (Phi) is 4.30. The number of aryl methyl sites for hydroxylation is 1. The number of anilines is 2. The molecule has 0 atom stereocenters. The third kappa shape index (κ3) is 3.06. The van der Waals surface area contributed by atoms with Crippen LogP contribution in [0.25, 0.3) is 0 Å². The van der Waals surface area contributed by atoms with Gasteiger partial charge in [-0.05, 0) is 49.2 Å². The first-order chi connectivity index (χ1) is 9.73. The SMILES string of the molecule is Cc1cccc(N(C)S(=O)(=O)c2cc(Br)cc(N)c2C)c1. The van der Waals surface area contributed by atoms with E-state index < -0.39 is 10.0 Å². The van der Waals surface area contributed by atoms with Gasteiger partial charge in [-0.25, -0.2) is 8.42 Å². The van der Waals surface area contributed by atoms with Crippen LogP contribution >= 0.6 is 15.9 Å². The van der Waals surface area contributed by atoms with Crippen LogP contribution in [0.3, 0.4) is 0 Å². The minimum atomic E-state index is -3.66. The van der Waals surface area contributed by atoms with E-state index in [9.17, 15) is 8.42 Å². The number of nitrogens with zero attached hydrogens (tertiary/aromatic N) is 1. The Hall–Kier alpha value is -1.53. The standard InChI is InChI=1S/C15H17BrN2O2S/c1-10-5-4-6-13(7-10)18(3)21(19,20)15-9-12(16)8-14(17)11(15)2/h4-9H,17H2,1-3H3. The molecule has 2 rings (SSSR count). The summed E-state index contributed by atoms with van der Waals surface area (Å²) in [5, 5.41) is 0. The third-order valence-corrected chi connectivity index (χ3v) is 5.74. The fraction of sp³-hybridized carbons (Fsp3) is 0.200. The molecule has 0 aliphatic rings. The third-order valence-electron chi connectivity index (χ3n) is 3.37. The number of benzene rings is 2.